The molecular weight excluding hydrogens is 437 g/mol. The van der Waals surface area contributed by atoms with Crippen molar-refractivity contribution in [2.75, 3.05) is 12.1 Å². The zero-order valence-corrected chi connectivity index (χ0v) is 18.3. The third-order valence-electron chi connectivity index (χ3n) is 6.47. The van der Waals surface area contributed by atoms with Gasteiger partial charge in [-0.15, -0.1) is 10.2 Å². The average Bonchev–Trinajstić information content (AvgIpc) is 3.24. The first-order valence-corrected chi connectivity index (χ1v) is 10.9. The molecule has 2 heterocycles. The summed E-state index contributed by atoms with van der Waals surface area (Å²) in [6.45, 7) is 2.10. The number of carbonyl (C=O) groups excluding carboxylic acids is 1. The number of H-pyrrole nitrogens is 1. The van der Waals surface area contributed by atoms with Gasteiger partial charge in [0.1, 0.15) is 5.82 Å². The summed E-state index contributed by atoms with van der Waals surface area (Å²) in [7, 11) is 0. The minimum atomic E-state index is -0.594. The van der Waals surface area contributed by atoms with Gasteiger partial charge in [-0.1, -0.05) is 24.3 Å². The van der Waals surface area contributed by atoms with Crippen molar-refractivity contribution >= 4 is 11.6 Å². The Morgan fingerprint density at radius 3 is 2.65 bits per heavy atom. The molecule has 8 nitrogen and oxygen atoms in total. The molecule has 1 amide bonds. The lowest BCUT2D eigenvalue weighted by Gasteiger charge is -2.17. The van der Waals surface area contributed by atoms with E-state index in [4.69, 9.17) is 9.47 Å². The molecule has 0 atom stereocenters. The number of aryl methyl sites for hydroxylation is 1. The van der Waals surface area contributed by atoms with Crippen LogP contribution in [0.25, 0.3) is 22.5 Å². The molecule has 1 saturated carbocycles. The van der Waals surface area contributed by atoms with Crippen LogP contribution < -0.4 is 14.8 Å². The molecule has 0 saturated heterocycles. The van der Waals surface area contributed by atoms with Crippen LogP contribution in [0.4, 0.5) is 10.1 Å². The number of carbonyl (C=O) groups is 1. The highest BCUT2D eigenvalue weighted by atomic mass is 19.1. The Labute approximate surface area is 194 Å². The monoisotopic (exact) mass is 457 g/mol. The van der Waals surface area contributed by atoms with Crippen molar-refractivity contribution in [3.8, 4) is 34.0 Å². The van der Waals surface area contributed by atoms with Crippen LogP contribution in [0.15, 0.2) is 54.6 Å². The van der Waals surface area contributed by atoms with Gasteiger partial charge in [0.25, 0.3) is 0 Å². The SMILES string of the molecule is Cc1ccc(NC(=O)C2(c3ccc4c(c3)OCO4)CC2)cc1-c1ccc(-c2nn[nH]n2)cc1F. The van der Waals surface area contributed by atoms with E-state index < -0.39 is 11.2 Å². The number of benzene rings is 3. The molecule has 6 rings (SSSR count). The first-order valence-electron chi connectivity index (χ1n) is 10.9. The lowest BCUT2D eigenvalue weighted by molar-refractivity contribution is -0.118. The number of ether oxygens (including phenoxy) is 2. The fourth-order valence-electron chi connectivity index (χ4n) is 4.36. The fraction of sp³-hybridized carbons (Fsp3) is 0.200. The molecule has 0 radical (unpaired) electrons. The number of tetrazole rings is 1. The highest BCUT2D eigenvalue weighted by molar-refractivity contribution is 6.02. The molecule has 170 valence electrons. The molecule has 1 aliphatic carbocycles. The van der Waals surface area contributed by atoms with Gasteiger partial charge < -0.3 is 14.8 Å². The summed E-state index contributed by atoms with van der Waals surface area (Å²) in [4.78, 5) is 13.3. The number of fused-ring (bicyclic) bond motifs is 1. The second kappa shape index (κ2) is 7.65. The molecule has 4 aromatic rings. The van der Waals surface area contributed by atoms with E-state index in [-0.39, 0.29) is 12.7 Å². The molecule has 1 aromatic heterocycles. The first-order chi connectivity index (χ1) is 16.5. The Bertz CT molecular complexity index is 1420. The molecule has 0 spiro atoms. The van der Waals surface area contributed by atoms with Crippen molar-refractivity contribution < 1.29 is 18.7 Å². The van der Waals surface area contributed by atoms with E-state index in [0.29, 0.717) is 39.7 Å². The molecular formula is C25H20FN5O3. The Balaban J connectivity index is 1.27. The second-order valence-corrected chi connectivity index (χ2v) is 8.56. The largest absolute Gasteiger partial charge is 0.454 e. The summed E-state index contributed by atoms with van der Waals surface area (Å²) in [6, 6.07) is 16.0. The van der Waals surface area contributed by atoms with Gasteiger partial charge >= 0.3 is 0 Å². The average molecular weight is 457 g/mol. The number of hydrogen-bond acceptors (Lipinski definition) is 6. The minimum Gasteiger partial charge on any atom is -0.454 e. The van der Waals surface area contributed by atoms with Gasteiger partial charge in [-0.05, 0) is 72.0 Å². The summed E-state index contributed by atoms with van der Waals surface area (Å²) < 4.78 is 25.9. The van der Waals surface area contributed by atoms with E-state index in [1.807, 2.05) is 37.3 Å². The van der Waals surface area contributed by atoms with Crippen LogP contribution in [-0.4, -0.2) is 33.3 Å². The summed E-state index contributed by atoms with van der Waals surface area (Å²) in [6.07, 6.45) is 1.51. The van der Waals surface area contributed by atoms with E-state index in [9.17, 15) is 4.79 Å². The Morgan fingerprint density at radius 2 is 1.88 bits per heavy atom. The number of hydrogen-bond donors (Lipinski definition) is 2. The third-order valence-corrected chi connectivity index (χ3v) is 6.47. The summed E-state index contributed by atoms with van der Waals surface area (Å²) in [5.41, 5.74) is 3.46. The van der Waals surface area contributed by atoms with Crippen LogP contribution in [0.5, 0.6) is 11.5 Å². The van der Waals surface area contributed by atoms with Gasteiger partial charge in [-0.3, -0.25) is 4.79 Å². The second-order valence-electron chi connectivity index (χ2n) is 8.56. The number of amides is 1. The van der Waals surface area contributed by atoms with E-state index in [0.717, 1.165) is 24.0 Å². The predicted molar refractivity (Wildman–Crippen MR) is 122 cm³/mol. The van der Waals surface area contributed by atoms with Crippen LogP contribution in [0.1, 0.15) is 24.0 Å². The Hall–Kier alpha value is -4.27. The van der Waals surface area contributed by atoms with Crippen molar-refractivity contribution in [2.45, 2.75) is 25.2 Å². The van der Waals surface area contributed by atoms with Gasteiger partial charge in [-0.2, -0.15) is 5.21 Å². The van der Waals surface area contributed by atoms with Crippen LogP contribution >= 0.6 is 0 Å². The van der Waals surface area contributed by atoms with E-state index in [1.165, 1.54) is 6.07 Å². The maximum absolute atomic E-state index is 15.0. The first kappa shape index (κ1) is 20.3. The summed E-state index contributed by atoms with van der Waals surface area (Å²) >= 11 is 0. The maximum Gasteiger partial charge on any atom is 0.235 e. The van der Waals surface area contributed by atoms with E-state index in [2.05, 4.69) is 25.9 Å². The number of anilines is 1. The van der Waals surface area contributed by atoms with Crippen molar-refractivity contribution in [1.82, 2.24) is 20.6 Å². The number of nitrogens with zero attached hydrogens (tertiary/aromatic N) is 3. The van der Waals surface area contributed by atoms with Gasteiger partial charge in [0, 0.05) is 16.8 Å². The van der Waals surface area contributed by atoms with Gasteiger partial charge in [0.2, 0.25) is 18.5 Å². The van der Waals surface area contributed by atoms with Crippen LogP contribution in [0.3, 0.4) is 0 Å². The molecule has 34 heavy (non-hydrogen) atoms. The number of aromatic amines is 1. The van der Waals surface area contributed by atoms with E-state index >= 15 is 4.39 Å². The van der Waals surface area contributed by atoms with Crippen LogP contribution in [0.2, 0.25) is 0 Å². The smallest absolute Gasteiger partial charge is 0.235 e. The topological polar surface area (TPSA) is 102 Å². The molecule has 0 bridgehead atoms. The molecule has 3 aromatic carbocycles. The van der Waals surface area contributed by atoms with Gasteiger partial charge in [0.15, 0.2) is 11.5 Å². The molecule has 0 unspecified atom stereocenters. The normalized spacial score (nSPS) is 15.2. The summed E-state index contributed by atoms with van der Waals surface area (Å²) in [5.74, 6) is 1.17. The number of halogens is 1. The van der Waals surface area contributed by atoms with Crippen molar-refractivity contribution in [2.24, 2.45) is 0 Å². The van der Waals surface area contributed by atoms with Crippen LogP contribution in [-0.2, 0) is 10.2 Å². The third kappa shape index (κ3) is 3.37. The summed E-state index contributed by atoms with van der Waals surface area (Å²) in [5, 5.41) is 16.7. The lowest BCUT2D eigenvalue weighted by Crippen LogP contribution is -2.27. The predicted octanol–water partition coefficient (Wildman–Crippen LogP) is 4.38. The zero-order valence-electron chi connectivity index (χ0n) is 18.3. The quantitative estimate of drug-likeness (QED) is 0.461. The number of rotatable bonds is 5. The fourth-order valence-corrected chi connectivity index (χ4v) is 4.36. The Morgan fingerprint density at radius 1 is 1.03 bits per heavy atom. The Kier molecular flexibility index (Phi) is 4.58. The molecule has 1 aliphatic heterocycles. The number of aromatic nitrogens is 4. The van der Waals surface area contributed by atoms with Crippen LogP contribution in [0, 0.1) is 12.7 Å². The van der Waals surface area contributed by atoms with Crippen molar-refractivity contribution in [1.29, 1.82) is 0 Å². The van der Waals surface area contributed by atoms with Gasteiger partial charge in [-0.25, -0.2) is 4.39 Å². The molecule has 2 N–H and O–H groups in total. The lowest BCUT2D eigenvalue weighted by atomic mass is 9.94. The van der Waals surface area contributed by atoms with Gasteiger partial charge in [0.05, 0.1) is 5.41 Å². The molecule has 2 aliphatic rings. The van der Waals surface area contributed by atoms with E-state index in [1.54, 1.807) is 18.2 Å². The zero-order chi connectivity index (χ0) is 23.3. The highest BCUT2D eigenvalue weighted by Gasteiger charge is 2.51. The highest BCUT2D eigenvalue weighted by Crippen LogP contribution is 2.51. The van der Waals surface area contributed by atoms with Crippen molar-refractivity contribution in [3.05, 3.63) is 71.5 Å². The number of nitrogens with one attached hydrogen (secondary N) is 2. The molecule has 9 heteroatoms. The maximum atomic E-state index is 15.0. The van der Waals surface area contributed by atoms with Crippen molar-refractivity contribution in [3.63, 3.8) is 0 Å². The molecule has 1 fully saturated rings. The minimum absolute atomic E-state index is 0.0888. The standard InChI is InChI=1S/C25H20FN5O3/c1-14-2-5-17(12-19(14)18-6-3-15(10-20(18)26)23-28-30-31-29-23)27-24(32)25(8-9-25)16-4-7-21-22(11-16)34-13-33-21/h2-7,10-12H,8-9,13H2,1H3,(H,27,32)(H,28,29,30,31).